The number of hydrogen-bond acceptors (Lipinski definition) is 3. The fourth-order valence-corrected chi connectivity index (χ4v) is 2.56. The minimum atomic E-state index is -0.517. The molecule has 0 unspecified atom stereocenters. The summed E-state index contributed by atoms with van der Waals surface area (Å²) in [6.07, 6.45) is 8.12. The molecule has 0 saturated carbocycles. The van der Waals surface area contributed by atoms with E-state index in [2.05, 4.69) is 30.6 Å². The fraction of sp³-hybridized carbons (Fsp3) is 0.778. The molecule has 0 spiro atoms. The van der Waals surface area contributed by atoms with Gasteiger partial charge in [-0.1, -0.05) is 50.9 Å². The van der Waals surface area contributed by atoms with E-state index in [4.69, 9.17) is 14.6 Å². The molecule has 0 bridgehead atoms. The van der Waals surface area contributed by atoms with Crippen LogP contribution in [-0.4, -0.2) is 29.7 Å². The summed E-state index contributed by atoms with van der Waals surface area (Å²) in [6.45, 7) is 5.99. The molecule has 1 heterocycles. The number of aliphatic hydroxyl groups is 1. The van der Waals surface area contributed by atoms with Gasteiger partial charge in [-0.05, 0) is 32.1 Å². The highest BCUT2D eigenvalue weighted by molar-refractivity contribution is 5.26. The van der Waals surface area contributed by atoms with Crippen molar-refractivity contribution < 1.29 is 14.6 Å². The summed E-state index contributed by atoms with van der Waals surface area (Å²) in [5.41, 5.74) is 0. The second-order valence-corrected chi connectivity index (χ2v) is 5.88. The summed E-state index contributed by atoms with van der Waals surface area (Å²) < 4.78 is 11.9. The van der Waals surface area contributed by atoms with Gasteiger partial charge in [-0.25, -0.2) is 0 Å². The zero-order valence-electron chi connectivity index (χ0n) is 13.6. The summed E-state index contributed by atoms with van der Waals surface area (Å²) in [6, 6.07) is 0. The van der Waals surface area contributed by atoms with Gasteiger partial charge in [0.25, 0.3) is 0 Å². The molecule has 1 saturated heterocycles. The molecule has 1 aliphatic heterocycles. The molecule has 118 valence electrons. The standard InChI is InChI=1S/C18H28O3/c1-4-5-6-7-10-13-16-17(21-18(2,3)20-16)14-11-8-9-12-15-19/h16-17,19H,4-7,10,13-15H2,1-3H3/t16-,17-/m1/s1. The minimum Gasteiger partial charge on any atom is -0.384 e. The summed E-state index contributed by atoms with van der Waals surface area (Å²) in [5, 5.41) is 8.56. The molecule has 21 heavy (non-hydrogen) atoms. The topological polar surface area (TPSA) is 38.7 Å². The first kappa shape index (κ1) is 18.1. The molecule has 0 radical (unpaired) electrons. The predicted octanol–water partition coefficient (Wildman–Crippen LogP) is 3.26. The van der Waals surface area contributed by atoms with Crippen molar-refractivity contribution in [1.29, 1.82) is 0 Å². The largest absolute Gasteiger partial charge is 0.384 e. The number of hydrogen-bond donors (Lipinski definition) is 1. The molecular weight excluding hydrogens is 264 g/mol. The lowest BCUT2D eigenvalue weighted by atomic mass is 10.0. The normalized spacial score (nSPS) is 23.0. The molecule has 0 aromatic rings. The Morgan fingerprint density at radius 3 is 2.33 bits per heavy atom. The first-order valence-electron chi connectivity index (χ1n) is 8.01. The van der Waals surface area contributed by atoms with Crippen LogP contribution in [0.2, 0.25) is 0 Å². The zero-order valence-corrected chi connectivity index (χ0v) is 13.6. The Morgan fingerprint density at radius 1 is 0.952 bits per heavy atom. The van der Waals surface area contributed by atoms with Crippen LogP contribution in [0.25, 0.3) is 0 Å². The molecule has 1 fully saturated rings. The molecule has 0 aromatic carbocycles. The van der Waals surface area contributed by atoms with Gasteiger partial charge < -0.3 is 14.6 Å². The van der Waals surface area contributed by atoms with E-state index in [1.54, 1.807) is 0 Å². The van der Waals surface area contributed by atoms with Crippen molar-refractivity contribution >= 4 is 0 Å². The Kier molecular flexibility index (Phi) is 8.47. The van der Waals surface area contributed by atoms with Gasteiger partial charge in [0.1, 0.15) is 6.61 Å². The Labute approximate surface area is 129 Å². The lowest BCUT2D eigenvalue weighted by Gasteiger charge is -2.16. The molecule has 0 aromatic heterocycles. The molecule has 2 atom stereocenters. The first-order chi connectivity index (χ1) is 10.1. The average Bonchev–Trinajstić information content (AvgIpc) is 2.73. The van der Waals surface area contributed by atoms with E-state index in [0.717, 1.165) is 6.42 Å². The maximum absolute atomic E-state index is 8.56. The van der Waals surface area contributed by atoms with E-state index in [1.807, 2.05) is 13.8 Å². The van der Waals surface area contributed by atoms with Gasteiger partial charge in [0, 0.05) is 6.42 Å². The SMILES string of the molecule is CCCCCCC[C@H]1OC(C)(C)O[C@@H]1CC#CC#CCO. The number of unbranched alkanes of at least 4 members (excludes halogenated alkanes) is 4. The molecular formula is C18H28O3. The molecule has 0 aliphatic carbocycles. The quantitative estimate of drug-likeness (QED) is 0.578. The molecule has 3 nitrogen and oxygen atoms in total. The molecule has 1 rings (SSSR count). The van der Waals surface area contributed by atoms with Crippen LogP contribution in [0.5, 0.6) is 0 Å². The van der Waals surface area contributed by atoms with E-state index >= 15 is 0 Å². The smallest absolute Gasteiger partial charge is 0.163 e. The van der Waals surface area contributed by atoms with Crippen LogP contribution < -0.4 is 0 Å². The predicted molar refractivity (Wildman–Crippen MR) is 84.5 cm³/mol. The highest BCUT2D eigenvalue weighted by Gasteiger charge is 2.40. The van der Waals surface area contributed by atoms with Gasteiger partial charge in [-0.15, -0.1) is 0 Å². The van der Waals surface area contributed by atoms with E-state index in [-0.39, 0.29) is 18.8 Å². The van der Waals surface area contributed by atoms with Gasteiger partial charge >= 0.3 is 0 Å². The van der Waals surface area contributed by atoms with Crippen molar-refractivity contribution in [2.24, 2.45) is 0 Å². The highest BCUT2D eigenvalue weighted by Crippen LogP contribution is 2.32. The van der Waals surface area contributed by atoms with Crippen molar-refractivity contribution in [3.63, 3.8) is 0 Å². The highest BCUT2D eigenvalue weighted by atomic mass is 16.7. The Morgan fingerprint density at radius 2 is 1.62 bits per heavy atom. The molecule has 1 N–H and O–H groups in total. The third kappa shape index (κ3) is 7.53. The van der Waals surface area contributed by atoms with Crippen molar-refractivity contribution in [3.8, 4) is 23.7 Å². The van der Waals surface area contributed by atoms with Crippen LogP contribution >= 0.6 is 0 Å². The lowest BCUT2D eigenvalue weighted by Crippen LogP contribution is -2.21. The van der Waals surface area contributed by atoms with E-state index in [9.17, 15) is 0 Å². The van der Waals surface area contributed by atoms with Crippen LogP contribution in [0.15, 0.2) is 0 Å². The summed E-state index contributed by atoms with van der Waals surface area (Å²) in [4.78, 5) is 0. The van der Waals surface area contributed by atoms with E-state index in [0.29, 0.717) is 6.42 Å². The van der Waals surface area contributed by atoms with Crippen LogP contribution in [0.3, 0.4) is 0 Å². The van der Waals surface area contributed by atoms with Crippen molar-refractivity contribution in [2.45, 2.75) is 83.7 Å². The van der Waals surface area contributed by atoms with Crippen molar-refractivity contribution in [1.82, 2.24) is 0 Å². The zero-order chi connectivity index (χ0) is 15.6. The Bertz CT molecular complexity index is 406. The second-order valence-electron chi connectivity index (χ2n) is 5.88. The second kappa shape index (κ2) is 9.85. The summed E-state index contributed by atoms with van der Waals surface area (Å²) in [5.74, 6) is 10.3. The third-order valence-corrected chi connectivity index (χ3v) is 3.50. The third-order valence-electron chi connectivity index (χ3n) is 3.50. The van der Waals surface area contributed by atoms with Crippen LogP contribution in [0.4, 0.5) is 0 Å². The van der Waals surface area contributed by atoms with Crippen molar-refractivity contribution in [2.75, 3.05) is 6.61 Å². The van der Waals surface area contributed by atoms with Gasteiger partial charge in [0.15, 0.2) is 5.79 Å². The molecule has 3 heteroatoms. The van der Waals surface area contributed by atoms with Gasteiger partial charge in [-0.3, -0.25) is 0 Å². The van der Waals surface area contributed by atoms with Gasteiger partial charge in [0.2, 0.25) is 0 Å². The first-order valence-corrected chi connectivity index (χ1v) is 8.01. The van der Waals surface area contributed by atoms with Gasteiger partial charge in [-0.2, -0.15) is 0 Å². The molecule has 1 aliphatic rings. The number of rotatable bonds is 7. The van der Waals surface area contributed by atoms with Crippen LogP contribution in [0.1, 0.15) is 65.7 Å². The maximum Gasteiger partial charge on any atom is 0.163 e. The van der Waals surface area contributed by atoms with E-state index in [1.165, 1.54) is 32.1 Å². The Hall–Kier alpha value is -1.00. The number of ether oxygens (including phenoxy) is 2. The van der Waals surface area contributed by atoms with Gasteiger partial charge in [0.05, 0.1) is 12.2 Å². The monoisotopic (exact) mass is 292 g/mol. The minimum absolute atomic E-state index is 0.0228. The fourth-order valence-electron chi connectivity index (χ4n) is 2.56. The van der Waals surface area contributed by atoms with Crippen molar-refractivity contribution in [3.05, 3.63) is 0 Å². The summed E-state index contributed by atoms with van der Waals surface area (Å²) >= 11 is 0. The lowest BCUT2D eigenvalue weighted by molar-refractivity contribution is -0.146. The Balaban J connectivity index is 2.40. The molecule has 0 amide bonds. The van der Waals surface area contributed by atoms with Crippen LogP contribution in [-0.2, 0) is 9.47 Å². The number of aliphatic hydroxyl groups excluding tert-OH is 1. The average molecular weight is 292 g/mol. The van der Waals surface area contributed by atoms with E-state index < -0.39 is 5.79 Å². The summed E-state index contributed by atoms with van der Waals surface area (Å²) in [7, 11) is 0. The van der Waals surface area contributed by atoms with Crippen LogP contribution in [0, 0.1) is 23.7 Å². The maximum atomic E-state index is 8.56.